The summed E-state index contributed by atoms with van der Waals surface area (Å²) in [6.07, 6.45) is 2.42. The highest BCUT2D eigenvalue weighted by Gasteiger charge is 2.26. The van der Waals surface area contributed by atoms with Crippen molar-refractivity contribution in [2.75, 3.05) is 25.1 Å². The lowest BCUT2D eigenvalue weighted by Crippen LogP contribution is -2.38. The third kappa shape index (κ3) is 3.67. The standard InChI is InChI=1S/C21H22N8O2/c1-27-18(11-17(25-27)14-4-3-5-16(10-14)31-2)21(30)23-15-8-9-28(12-15)20-7-6-19-24-22-13-29(19)26-20/h3-7,10-11,13,15H,8-9,12H2,1-2H3,(H,23,30)/t15-/m1/s1. The molecule has 1 aliphatic heterocycles. The van der Waals surface area contributed by atoms with Gasteiger partial charge in [-0.15, -0.1) is 15.3 Å². The van der Waals surface area contributed by atoms with Crippen LogP contribution in [0.3, 0.4) is 0 Å². The van der Waals surface area contributed by atoms with Crippen LogP contribution < -0.4 is 15.0 Å². The van der Waals surface area contributed by atoms with Crippen molar-refractivity contribution in [3.05, 3.63) is 54.5 Å². The first kappa shape index (κ1) is 19.0. The van der Waals surface area contributed by atoms with Gasteiger partial charge in [0.05, 0.1) is 12.8 Å². The van der Waals surface area contributed by atoms with Crippen LogP contribution >= 0.6 is 0 Å². The zero-order valence-corrected chi connectivity index (χ0v) is 17.3. The molecule has 1 N–H and O–H groups in total. The summed E-state index contributed by atoms with van der Waals surface area (Å²) < 4.78 is 8.54. The maximum atomic E-state index is 12.9. The Bertz CT molecular complexity index is 1250. The summed E-state index contributed by atoms with van der Waals surface area (Å²) in [5, 5.41) is 20.0. The highest BCUT2D eigenvalue weighted by atomic mass is 16.5. The number of carbonyl (C=O) groups excluding carboxylic acids is 1. The van der Waals surface area contributed by atoms with Gasteiger partial charge < -0.3 is 15.0 Å². The van der Waals surface area contributed by atoms with E-state index in [4.69, 9.17) is 4.74 Å². The highest BCUT2D eigenvalue weighted by Crippen LogP contribution is 2.24. The number of anilines is 1. The smallest absolute Gasteiger partial charge is 0.269 e. The Balaban J connectivity index is 1.27. The number of aromatic nitrogens is 6. The van der Waals surface area contributed by atoms with Gasteiger partial charge in [0.15, 0.2) is 5.65 Å². The normalized spacial score (nSPS) is 16.1. The molecule has 10 nitrogen and oxygen atoms in total. The SMILES string of the molecule is COc1cccc(-c2cc(C(=O)N[C@@H]3CCN(c4ccc5nncn5n4)C3)n(C)n2)c1. The van der Waals surface area contributed by atoms with Crippen molar-refractivity contribution in [1.82, 2.24) is 34.9 Å². The molecule has 1 fully saturated rings. The summed E-state index contributed by atoms with van der Waals surface area (Å²) >= 11 is 0. The molecule has 1 amide bonds. The Kier molecular flexibility index (Phi) is 4.73. The molecule has 1 aliphatic rings. The molecule has 0 aliphatic carbocycles. The van der Waals surface area contributed by atoms with Crippen LogP contribution in [-0.4, -0.2) is 61.7 Å². The summed E-state index contributed by atoms with van der Waals surface area (Å²) in [5.41, 5.74) is 2.85. The maximum Gasteiger partial charge on any atom is 0.269 e. The van der Waals surface area contributed by atoms with Gasteiger partial charge in [-0.05, 0) is 36.8 Å². The number of nitrogens with one attached hydrogen (secondary N) is 1. The van der Waals surface area contributed by atoms with Crippen LogP contribution in [0.15, 0.2) is 48.8 Å². The fourth-order valence-electron chi connectivity index (χ4n) is 3.84. The second kappa shape index (κ2) is 7.71. The lowest BCUT2D eigenvalue weighted by molar-refractivity contribution is 0.0931. The topological polar surface area (TPSA) is 102 Å². The van der Waals surface area contributed by atoms with E-state index >= 15 is 0 Å². The van der Waals surface area contributed by atoms with Gasteiger partial charge >= 0.3 is 0 Å². The van der Waals surface area contributed by atoms with Crippen LogP contribution in [0.5, 0.6) is 5.75 Å². The van der Waals surface area contributed by atoms with E-state index in [1.165, 1.54) is 0 Å². The summed E-state index contributed by atoms with van der Waals surface area (Å²) in [4.78, 5) is 15.1. The second-order valence-electron chi connectivity index (χ2n) is 7.50. The predicted molar refractivity (Wildman–Crippen MR) is 114 cm³/mol. The number of methoxy groups -OCH3 is 1. The first-order chi connectivity index (χ1) is 15.1. The minimum Gasteiger partial charge on any atom is -0.497 e. The van der Waals surface area contributed by atoms with Gasteiger partial charge in [0, 0.05) is 31.7 Å². The van der Waals surface area contributed by atoms with Crippen molar-refractivity contribution >= 4 is 17.4 Å². The first-order valence-electron chi connectivity index (χ1n) is 10.0. The van der Waals surface area contributed by atoms with Crippen LogP contribution in [0.4, 0.5) is 5.82 Å². The van der Waals surface area contributed by atoms with Crippen molar-refractivity contribution in [3.8, 4) is 17.0 Å². The number of hydrogen-bond acceptors (Lipinski definition) is 7. The number of benzene rings is 1. The van der Waals surface area contributed by atoms with Crippen LogP contribution in [0, 0.1) is 0 Å². The predicted octanol–water partition coefficient (Wildman–Crippen LogP) is 1.54. The number of rotatable bonds is 5. The molecule has 0 radical (unpaired) electrons. The Morgan fingerprint density at radius 3 is 2.97 bits per heavy atom. The minimum absolute atomic E-state index is 0.0288. The summed E-state index contributed by atoms with van der Waals surface area (Å²) in [5.74, 6) is 1.45. The molecule has 158 valence electrons. The van der Waals surface area contributed by atoms with Crippen molar-refractivity contribution < 1.29 is 9.53 Å². The molecule has 4 aromatic rings. The van der Waals surface area contributed by atoms with E-state index in [0.29, 0.717) is 17.9 Å². The number of carbonyl (C=O) groups is 1. The molecule has 0 spiro atoms. The van der Waals surface area contributed by atoms with Crippen molar-refractivity contribution in [2.45, 2.75) is 12.5 Å². The zero-order chi connectivity index (χ0) is 21.4. The fourth-order valence-corrected chi connectivity index (χ4v) is 3.84. The van der Waals surface area contributed by atoms with E-state index in [2.05, 4.69) is 30.6 Å². The molecular formula is C21H22N8O2. The van der Waals surface area contributed by atoms with Crippen molar-refractivity contribution in [3.63, 3.8) is 0 Å². The van der Waals surface area contributed by atoms with Gasteiger partial charge in [-0.1, -0.05) is 12.1 Å². The lowest BCUT2D eigenvalue weighted by atomic mass is 10.1. The van der Waals surface area contributed by atoms with Crippen LogP contribution in [0.1, 0.15) is 16.9 Å². The molecule has 0 bridgehead atoms. The Hall–Kier alpha value is -3.95. The monoisotopic (exact) mass is 418 g/mol. The molecule has 3 aromatic heterocycles. The summed E-state index contributed by atoms with van der Waals surface area (Å²) in [6, 6.07) is 13.3. The van der Waals surface area contributed by atoms with Crippen LogP contribution in [0.2, 0.25) is 0 Å². The Morgan fingerprint density at radius 1 is 1.19 bits per heavy atom. The quantitative estimate of drug-likeness (QED) is 0.524. The first-order valence-corrected chi connectivity index (χ1v) is 10.0. The molecule has 31 heavy (non-hydrogen) atoms. The Morgan fingerprint density at radius 2 is 2.10 bits per heavy atom. The average molecular weight is 418 g/mol. The third-order valence-corrected chi connectivity index (χ3v) is 5.47. The molecule has 4 heterocycles. The van der Waals surface area contributed by atoms with E-state index in [9.17, 15) is 4.79 Å². The van der Waals surface area contributed by atoms with Gasteiger partial charge in [-0.25, -0.2) is 0 Å². The number of nitrogens with zero attached hydrogens (tertiary/aromatic N) is 7. The van der Waals surface area contributed by atoms with Gasteiger partial charge in [-0.2, -0.15) is 9.61 Å². The number of amides is 1. The van der Waals surface area contributed by atoms with E-state index < -0.39 is 0 Å². The Labute approximate surface area is 178 Å². The number of ether oxygens (including phenoxy) is 1. The average Bonchev–Trinajstić information content (AvgIpc) is 3.52. The van der Waals surface area contributed by atoms with Crippen molar-refractivity contribution in [2.24, 2.45) is 7.05 Å². The molecule has 10 heteroatoms. The molecule has 1 saturated heterocycles. The van der Waals surface area contributed by atoms with E-state index in [1.807, 2.05) is 36.4 Å². The number of hydrogen-bond donors (Lipinski definition) is 1. The maximum absolute atomic E-state index is 12.9. The van der Waals surface area contributed by atoms with Gasteiger partial charge in [0.25, 0.3) is 5.91 Å². The molecule has 0 saturated carbocycles. The van der Waals surface area contributed by atoms with E-state index in [1.54, 1.807) is 35.7 Å². The summed E-state index contributed by atoms with van der Waals surface area (Å²) in [6.45, 7) is 1.50. The molecular weight excluding hydrogens is 396 g/mol. The largest absolute Gasteiger partial charge is 0.497 e. The minimum atomic E-state index is -0.141. The van der Waals surface area contributed by atoms with Crippen LogP contribution in [-0.2, 0) is 7.05 Å². The summed E-state index contributed by atoms with van der Waals surface area (Å²) in [7, 11) is 3.40. The fraction of sp³-hybridized carbons (Fsp3) is 0.286. The lowest BCUT2D eigenvalue weighted by Gasteiger charge is -2.17. The highest BCUT2D eigenvalue weighted by molar-refractivity contribution is 5.94. The van der Waals surface area contributed by atoms with E-state index in [0.717, 1.165) is 35.8 Å². The van der Waals surface area contributed by atoms with Gasteiger partial charge in [-0.3, -0.25) is 9.48 Å². The van der Waals surface area contributed by atoms with Crippen molar-refractivity contribution in [1.29, 1.82) is 0 Å². The van der Waals surface area contributed by atoms with E-state index in [-0.39, 0.29) is 11.9 Å². The third-order valence-electron chi connectivity index (χ3n) is 5.47. The van der Waals surface area contributed by atoms with Crippen LogP contribution in [0.25, 0.3) is 16.9 Å². The van der Waals surface area contributed by atoms with Gasteiger partial charge in [0.2, 0.25) is 0 Å². The zero-order valence-electron chi connectivity index (χ0n) is 17.3. The molecule has 5 rings (SSSR count). The second-order valence-corrected chi connectivity index (χ2v) is 7.50. The molecule has 1 atom stereocenters. The number of aryl methyl sites for hydroxylation is 1. The molecule has 1 aromatic carbocycles. The number of fused-ring (bicyclic) bond motifs is 1. The molecule has 0 unspecified atom stereocenters. The van der Waals surface area contributed by atoms with Gasteiger partial charge in [0.1, 0.15) is 23.6 Å².